The third-order valence-corrected chi connectivity index (χ3v) is 4.09. The summed E-state index contributed by atoms with van der Waals surface area (Å²) >= 11 is 0. The van der Waals surface area contributed by atoms with E-state index in [2.05, 4.69) is 37.4 Å². The lowest BCUT2D eigenvalue weighted by molar-refractivity contribution is -0.0111. The van der Waals surface area contributed by atoms with Gasteiger partial charge in [0.2, 0.25) is 0 Å². The van der Waals surface area contributed by atoms with Gasteiger partial charge in [-0.05, 0) is 30.9 Å². The number of para-hydroxylation sites is 1. The molecule has 2 rings (SSSR count). The lowest BCUT2D eigenvalue weighted by Crippen LogP contribution is -2.48. The fourth-order valence-electron chi connectivity index (χ4n) is 2.41. The van der Waals surface area contributed by atoms with Crippen LogP contribution in [0.3, 0.4) is 0 Å². The molecule has 0 bridgehead atoms. The SMILES string of the molecule is CCC(C)C(C)(O)C1Cc2ccccc2N1. The topological polar surface area (TPSA) is 32.3 Å². The van der Waals surface area contributed by atoms with Crippen molar-refractivity contribution < 1.29 is 5.11 Å². The quantitative estimate of drug-likeness (QED) is 0.819. The van der Waals surface area contributed by atoms with E-state index in [4.69, 9.17) is 0 Å². The molecule has 1 heterocycles. The van der Waals surface area contributed by atoms with Crippen LogP contribution in [0.4, 0.5) is 5.69 Å². The Morgan fingerprint density at radius 3 is 2.81 bits per heavy atom. The zero-order valence-electron chi connectivity index (χ0n) is 10.3. The van der Waals surface area contributed by atoms with Gasteiger partial charge in [-0.1, -0.05) is 38.5 Å². The Balaban J connectivity index is 2.17. The molecule has 0 aliphatic carbocycles. The molecule has 0 amide bonds. The Kier molecular flexibility index (Phi) is 2.94. The molecule has 1 aromatic rings. The molecule has 88 valence electrons. The van der Waals surface area contributed by atoms with E-state index >= 15 is 0 Å². The van der Waals surface area contributed by atoms with E-state index in [1.165, 1.54) is 11.3 Å². The summed E-state index contributed by atoms with van der Waals surface area (Å²) in [6.45, 7) is 6.19. The van der Waals surface area contributed by atoms with E-state index in [9.17, 15) is 5.11 Å². The van der Waals surface area contributed by atoms with Gasteiger partial charge in [-0.2, -0.15) is 0 Å². The monoisotopic (exact) mass is 219 g/mol. The van der Waals surface area contributed by atoms with Gasteiger partial charge in [0, 0.05) is 5.69 Å². The van der Waals surface area contributed by atoms with Crippen molar-refractivity contribution in [3.8, 4) is 0 Å². The zero-order chi connectivity index (χ0) is 11.8. The number of aliphatic hydroxyl groups is 1. The Labute approximate surface area is 97.7 Å². The lowest BCUT2D eigenvalue weighted by atomic mass is 9.81. The van der Waals surface area contributed by atoms with Gasteiger partial charge >= 0.3 is 0 Å². The lowest BCUT2D eigenvalue weighted by Gasteiger charge is -2.35. The summed E-state index contributed by atoms with van der Waals surface area (Å²) in [4.78, 5) is 0. The first-order valence-corrected chi connectivity index (χ1v) is 6.12. The van der Waals surface area contributed by atoms with Crippen molar-refractivity contribution >= 4 is 5.69 Å². The normalized spacial score (nSPS) is 24.4. The second-order valence-corrected chi connectivity index (χ2v) is 5.09. The van der Waals surface area contributed by atoms with E-state index in [1.54, 1.807) is 0 Å². The molecule has 0 aromatic heterocycles. The molecule has 3 unspecified atom stereocenters. The zero-order valence-corrected chi connectivity index (χ0v) is 10.3. The predicted molar refractivity (Wildman–Crippen MR) is 67.6 cm³/mol. The van der Waals surface area contributed by atoms with Gasteiger partial charge < -0.3 is 10.4 Å². The van der Waals surface area contributed by atoms with Gasteiger partial charge in [-0.25, -0.2) is 0 Å². The van der Waals surface area contributed by atoms with Crippen LogP contribution in [0.15, 0.2) is 24.3 Å². The van der Waals surface area contributed by atoms with Crippen molar-refractivity contribution in [2.45, 2.75) is 45.3 Å². The van der Waals surface area contributed by atoms with Gasteiger partial charge in [0.1, 0.15) is 0 Å². The van der Waals surface area contributed by atoms with E-state index in [-0.39, 0.29) is 6.04 Å². The Morgan fingerprint density at radius 2 is 2.19 bits per heavy atom. The summed E-state index contributed by atoms with van der Waals surface area (Å²) in [5.74, 6) is 0.305. The number of hydrogen-bond acceptors (Lipinski definition) is 2. The highest BCUT2D eigenvalue weighted by Crippen LogP contribution is 2.34. The van der Waals surface area contributed by atoms with Crippen molar-refractivity contribution in [3.05, 3.63) is 29.8 Å². The largest absolute Gasteiger partial charge is 0.388 e. The summed E-state index contributed by atoms with van der Waals surface area (Å²) in [7, 11) is 0. The molecule has 0 spiro atoms. The second kappa shape index (κ2) is 4.10. The summed E-state index contributed by atoms with van der Waals surface area (Å²) in [6.07, 6.45) is 1.93. The van der Waals surface area contributed by atoms with Crippen LogP contribution in [-0.2, 0) is 6.42 Å². The predicted octanol–water partition coefficient (Wildman–Crippen LogP) is 2.82. The standard InChI is InChI=1S/C14H21NO/c1-4-10(2)14(3,16)13-9-11-7-5-6-8-12(11)15-13/h5-8,10,13,15-16H,4,9H2,1-3H3. The first-order chi connectivity index (χ1) is 7.55. The van der Waals surface area contributed by atoms with Crippen LogP contribution in [0.2, 0.25) is 0 Å². The van der Waals surface area contributed by atoms with Crippen LogP contribution >= 0.6 is 0 Å². The summed E-state index contributed by atoms with van der Waals surface area (Å²) in [5, 5.41) is 14.0. The maximum Gasteiger partial charge on any atom is 0.0848 e. The van der Waals surface area contributed by atoms with Crippen molar-refractivity contribution in [1.29, 1.82) is 0 Å². The molecule has 1 aliphatic heterocycles. The number of rotatable bonds is 3. The number of benzene rings is 1. The van der Waals surface area contributed by atoms with Crippen LogP contribution in [0, 0.1) is 5.92 Å². The van der Waals surface area contributed by atoms with Crippen molar-refractivity contribution in [3.63, 3.8) is 0 Å². The average molecular weight is 219 g/mol. The summed E-state index contributed by atoms with van der Waals surface area (Å²) in [5.41, 5.74) is 1.85. The van der Waals surface area contributed by atoms with Crippen molar-refractivity contribution in [1.82, 2.24) is 0 Å². The molecule has 16 heavy (non-hydrogen) atoms. The number of nitrogens with one attached hydrogen (secondary N) is 1. The minimum absolute atomic E-state index is 0.139. The highest BCUT2D eigenvalue weighted by Gasteiger charge is 2.39. The molecule has 0 radical (unpaired) electrons. The molecular formula is C14H21NO. The maximum absolute atomic E-state index is 10.6. The number of hydrogen-bond donors (Lipinski definition) is 2. The van der Waals surface area contributed by atoms with Crippen LogP contribution in [0.5, 0.6) is 0 Å². The van der Waals surface area contributed by atoms with Crippen molar-refractivity contribution in [2.75, 3.05) is 5.32 Å². The Morgan fingerprint density at radius 1 is 1.50 bits per heavy atom. The number of anilines is 1. The fourth-order valence-corrected chi connectivity index (χ4v) is 2.41. The average Bonchev–Trinajstić information content (AvgIpc) is 2.72. The highest BCUT2D eigenvalue weighted by atomic mass is 16.3. The Hall–Kier alpha value is -1.02. The minimum Gasteiger partial charge on any atom is -0.388 e. The van der Waals surface area contributed by atoms with Crippen LogP contribution in [-0.4, -0.2) is 16.7 Å². The molecular weight excluding hydrogens is 198 g/mol. The van der Waals surface area contributed by atoms with Gasteiger partial charge in [0.25, 0.3) is 0 Å². The molecule has 3 atom stereocenters. The van der Waals surface area contributed by atoms with Gasteiger partial charge in [-0.15, -0.1) is 0 Å². The van der Waals surface area contributed by atoms with E-state index in [0.717, 1.165) is 12.8 Å². The van der Waals surface area contributed by atoms with E-state index in [1.807, 2.05) is 13.0 Å². The van der Waals surface area contributed by atoms with Gasteiger partial charge in [-0.3, -0.25) is 0 Å². The van der Waals surface area contributed by atoms with Gasteiger partial charge in [0.05, 0.1) is 11.6 Å². The molecule has 0 saturated heterocycles. The van der Waals surface area contributed by atoms with Gasteiger partial charge in [0.15, 0.2) is 0 Å². The molecule has 0 fully saturated rings. The molecule has 2 nitrogen and oxygen atoms in total. The van der Waals surface area contributed by atoms with E-state index in [0.29, 0.717) is 5.92 Å². The van der Waals surface area contributed by atoms with Crippen LogP contribution < -0.4 is 5.32 Å². The van der Waals surface area contributed by atoms with Crippen LogP contribution in [0.1, 0.15) is 32.8 Å². The first kappa shape index (κ1) is 11.5. The minimum atomic E-state index is -0.645. The third kappa shape index (κ3) is 1.82. The third-order valence-electron chi connectivity index (χ3n) is 4.09. The summed E-state index contributed by atoms with van der Waals surface area (Å²) in [6, 6.07) is 8.45. The molecule has 2 heteroatoms. The maximum atomic E-state index is 10.6. The second-order valence-electron chi connectivity index (χ2n) is 5.09. The summed E-state index contributed by atoms with van der Waals surface area (Å²) < 4.78 is 0. The molecule has 1 aromatic carbocycles. The molecule has 0 saturated carbocycles. The van der Waals surface area contributed by atoms with Crippen molar-refractivity contribution in [2.24, 2.45) is 5.92 Å². The molecule has 1 aliphatic rings. The first-order valence-electron chi connectivity index (χ1n) is 6.12. The highest BCUT2D eigenvalue weighted by molar-refractivity contribution is 5.57. The number of fused-ring (bicyclic) bond motifs is 1. The fraction of sp³-hybridized carbons (Fsp3) is 0.571. The smallest absolute Gasteiger partial charge is 0.0848 e. The van der Waals surface area contributed by atoms with Crippen LogP contribution in [0.25, 0.3) is 0 Å². The van der Waals surface area contributed by atoms with E-state index < -0.39 is 5.60 Å². The Bertz CT molecular complexity index is 348. The molecule has 2 N–H and O–H groups in total.